The molecule has 2 heterocycles. The Bertz CT molecular complexity index is 918. The average Bonchev–Trinajstić information content (AvgIpc) is 2.72. The second-order valence-electron chi connectivity index (χ2n) is 6.45. The van der Waals surface area contributed by atoms with Gasteiger partial charge in [0.1, 0.15) is 12.0 Å². The molecule has 0 bridgehead atoms. The van der Waals surface area contributed by atoms with Crippen molar-refractivity contribution in [2.45, 2.75) is 12.8 Å². The number of nitrogens with zero attached hydrogens (tertiary/aromatic N) is 3. The summed E-state index contributed by atoms with van der Waals surface area (Å²) in [5.74, 6) is -0.00945. The molecular weight excluding hydrogens is 419 g/mol. The summed E-state index contributed by atoms with van der Waals surface area (Å²) in [6.07, 6.45) is 2.64. The van der Waals surface area contributed by atoms with Gasteiger partial charge < -0.3 is 15.4 Å². The molecule has 1 aromatic heterocycles. The zero-order chi connectivity index (χ0) is 21.0. The zero-order valence-electron chi connectivity index (χ0n) is 15.6. The molecule has 2 aromatic rings. The first-order valence-corrected chi connectivity index (χ1v) is 9.61. The van der Waals surface area contributed by atoms with Gasteiger partial charge in [-0.25, -0.2) is 9.97 Å². The summed E-state index contributed by atoms with van der Waals surface area (Å²) in [6.45, 7) is 1.21. The van der Waals surface area contributed by atoms with Crippen molar-refractivity contribution in [2.24, 2.45) is 5.92 Å². The van der Waals surface area contributed by atoms with Gasteiger partial charge in [0.25, 0.3) is 5.91 Å². The van der Waals surface area contributed by atoms with Crippen LogP contribution in [0.3, 0.4) is 0 Å². The van der Waals surface area contributed by atoms with Crippen molar-refractivity contribution in [1.82, 2.24) is 15.4 Å². The fourth-order valence-electron chi connectivity index (χ4n) is 3.09. The molecular formula is C18H20Cl2N6O3. The van der Waals surface area contributed by atoms with Gasteiger partial charge in [-0.05, 0) is 31.0 Å². The number of hydrogen-bond donors (Lipinski definition) is 3. The minimum atomic E-state index is -0.467. The van der Waals surface area contributed by atoms with Crippen molar-refractivity contribution in [1.29, 1.82) is 0 Å². The smallest absolute Gasteiger partial charge is 0.308 e. The standard InChI is InChI=1S/C18H20Cl2N6O3/c1-29-18(28)10-4-6-26(7-5-10)16-14(21)15(22-9-23-16)24-25-17(27)12-3-2-11(19)8-13(12)20/h2-3,8-10H,4-7,21H2,1H3,(H,25,27)(H,22,23,24). The fourth-order valence-corrected chi connectivity index (χ4v) is 3.58. The lowest BCUT2D eigenvalue weighted by atomic mass is 9.97. The number of hydrazine groups is 1. The molecule has 29 heavy (non-hydrogen) atoms. The van der Waals surface area contributed by atoms with Crippen LogP contribution in [0.15, 0.2) is 24.5 Å². The van der Waals surface area contributed by atoms with Crippen LogP contribution in [0.5, 0.6) is 0 Å². The molecule has 154 valence electrons. The number of nitrogens with two attached hydrogens (primary N) is 1. The molecule has 1 aliphatic rings. The maximum atomic E-state index is 12.3. The summed E-state index contributed by atoms with van der Waals surface area (Å²) < 4.78 is 4.80. The highest BCUT2D eigenvalue weighted by Crippen LogP contribution is 2.30. The number of amides is 1. The Hall–Kier alpha value is -2.78. The predicted octanol–water partition coefficient (Wildman–Crippen LogP) is 2.51. The van der Waals surface area contributed by atoms with E-state index in [1.165, 1.54) is 25.6 Å². The molecule has 1 amide bonds. The zero-order valence-corrected chi connectivity index (χ0v) is 17.1. The largest absolute Gasteiger partial charge is 0.469 e. The Balaban J connectivity index is 1.66. The molecule has 4 N–H and O–H groups in total. The number of nitrogens with one attached hydrogen (secondary N) is 2. The van der Waals surface area contributed by atoms with Crippen LogP contribution in [-0.4, -0.2) is 42.0 Å². The van der Waals surface area contributed by atoms with E-state index in [4.69, 9.17) is 33.7 Å². The van der Waals surface area contributed by atoms with Gasteiger partial charge >= 0.3 is 5.97 Å². The molecule has 1 aromatic carbocycles. The third-order valence-electron chi connectivity index (χ3n) is 4.66. The summed E-state index contributed by atoms with van der Waals surface area (Å²) in [7, 11) is 1.39. The number of carbonyl (C=O) groups is 2. The first kappa shape index (κ1) is 20.9. The topological polar surface area (TPSA) is 122 Å². The Morgan fingerprint density at radius 3 is 2.62 bits per heavy atom. The number of halogens is 2. The second kappa shape index (κ2) is 9.15. The first-order valence-electron chi connectivity index (χ1n) is 8.85. The quantitative estimate of drug-likeness (QED) is 0.480. The third-order valence-corrected chi connectivity index (χ3v) is 5.21. The van der Waals surface area contributed by atoms with Gasteiger partial charge in [0.05, 0.1) is 23.6 Å². The molecule has 0 saturated carbocycles. The number of ether oxygens (including phenoxy) is 1. The van der Waals surface area contributed by atoms with Crippen LogP contribution >= 0.6 is 23.2 Å². The lowest BCUT2D eigenvalue weighted by Crippen LogP contribution is -2.38. The fraction of sp³-hybridized carbons (Fsp3) is 0.333. The molecule has 1 saturated heterocycles. The number of anilines is 3. The van der Waals surface area contributed by atoms with Gasteiger partial charge in [-0.15, -0.1) is 0 Å². The van der Waals surface area contributed by atoms with E-state index in [2.05, 4.69) is 20.8 Å². The number of rotatable bonds is 5. The molecule has 0 radical (unpaired) electrons. The van der Waals surface area contributed by atoms with E-state index in [1.54, 1.807) is 6.07 Å². The summed E-state index contributed by atoms with van der Waals surface area (Å²) >= 11 is 11.9. The summed E-state index contributed by atoms with van der Waals surface area (Å²) in [5, 5.41) is 0.654. The Kier molecular flexibility index (Phi) is 6.60. The number of methoxy groups -OCH3 is 1. The van der Waals surface area contributed by atoms with E-state index in [1.807, 2.05) is 4.90 Å². The molecule has 11 heteroatoms. The number of hydrogen-bond acceptors (Lipinski definition) is 8. The molecule has 0 aliphatic carbocycles. The second-order valence-corrected chi connectivity index (χ2v) is 7.29. The molecule has 1 fully saturated rings. The van der Waals surface area contributed by atoms with Crippen LogP contribution in [0.25, 0.3) is 0 Å². The summed E-state index contributed by atoms with van der Waals surface area (Å²) in [5.41, 5.74) is 11.9. The van der Waals surface area contributed by atoms with E-state index < -0.39 is 5.91 Å². The van der Waals surface area contributed by atoms with Crippen molar-refractivity contribution in [2.75, 3.05) is 36.3 Å². The number of esters is 1. The van der Waals surface area contributed by atoms with Gasteiger partial charge in [-0.1, -0.05) is 23.2 Å². The van der Waals surface area contributed by atoms with Gasteiger partial charge in [0.15, 0.2) is 11.6 Å². The van der Waals surface area contributed by atoms with Gasteiger partial charge in [-0.2, -0.15) is 0 Å². The van der Waals surface area contributed by atoms with Crippen molar-refractivity contribution < 1.29 is 14.3 Å². The summed E-state index contributed by atoms with van der Waals surface area (Å²) in [6, 6.07) is 4.56. The van der Waals surface area contributed by atoms with Crippen LogP contribution < -0.4 is 21.5 Å². The average molecular weight is 439 g/mol. The Morgan fingerprint density at radius 2 is 1.97 bits per heavy atom. The number of carbonyl (C=O) groups excluding carboxylic acids is 2. The number of benzene rings is 1. The molecule has 0 spiro atoms. The van der Waals surface area contributed by atoms with Gasteiger partial charge in [0.2, 0.25) is 0 Å². The maximum absolute atomic E-state index is 12.3. The normalized spacial score (nSPS) is 14.4. The minimum Gasteiger partial charge on any atom is -0.469 e. The van der Waals surface area contributed by atoms with E-state index in [9.17, 15) is 9.59 Å². The van der Waals surface area contributed by atoms with Gasteiger partial charge in [0, 0.05) is 18.1 Å². The van der Waals surface area contributed by atoms with Crippen LogP contribution in [0.2, 0.25) is 10.0 Å². The van der Waals surface area contributed by atoms with Gasteiger partial charge in [-0.3, -0.25) is 20.4 Å². The predicted molar refractivity (Wildman–Crippen MR) is 111 cm³/mol. The van der Waals surface area contributed by atoms with Crippen LogP contribution in [0.4, 0.5) is 17.3 Å². The van der Waals surface area contributed by atoms with Crippen molar-refractivity contribution in [3.05, 3.63) is 40.1 Å². The molecule has 9 nitrogen and oxygen atoms in total. The number of aromatic nitrogens is 2. The molecule has 3 rings (SSSR count). The SMILES string of the molecule is COC(=O)C1CCN(c2ncnc(NNC(=O)c3ccc(Cl)cc3Cl)c2N)CC1. The van der Waals surface area contributed by atoms with Crippen molar-refractivity contribution >= 4 is 52.4 Å². The molecule has 0 unspecified atom stereocenters. The Morgan fingerprint density at radius 1 is 1.24 bits per heavy atom. The van der Waals surface area contributed by atoms with Crippen LogP contribution in [0, 0.1) is 5.92 Å². The summed E-state index contributed by atoms with van der Waals surface area (Å²) in [4.78, 5) is 34.3. The highest BCUT2D eigenvalue weighted by atomic mass is 35.5. The van der Waals surface area contributed by atoms with E-state index >= 15 is 0 Å². The number of nitrogen functional groups attached to an aromatic ring is 1. The lowest BCUT2D eigenvalue weighted by Gasteiger charge is -2.32. The Labute approximate surface area is 177 Å². The monoisotopic (exact) mass is 438 g/mol. The first-order chi connectivity index (χ1) is 13.9. The lowest BCUT2D eigenvalue weighted by molar-refractivity contribution is -0.146. The third kappa shape index (κ3) is 4.80. The van der Waals surface area contributed by atoms with E-state index in [-0.39, 0.29) is 34.0 Å². The molecule has 0 atom stereocenters. The minimum absolute atomic E-state index is 0.125. The highest BCUT2D eigenvalue weighted by Gasteiger charge is 2.27. The van der Waals surface area contributed by atoms with Crippen molar-refractivity contribution in [3.63, 3.8) is 0 Å². The number of piperidine rings is 1. The molecule has 1 aliphatic heterocycles. The van der Waals surface area contributed by atoms with Crippen LogP contribution in [-0.2, 0) is 9.53 Å². The van der Waals surface area contributed by atoms with E-state index in [0.29, 0.717) is 36.8 Å². The van der Waals surface area contributed by atoms with Crippen molar-refractivity contribution in [3.8, 4) is 0 Å². The highest BCUT2D eigenvalue weighted by molar-refractivity contribution is 6.36. The van der Waals surface area contributed by atoms with E-state index in [0.717, 1.165) is 0 Å². The van der Waals surface area contributed by atoms with Crippen LogP contribution in [0.1, 0.15) is 23.2 Å². The maximum Gasteiger partial charge on any atom is 0.308 e.